The third-order valence-corrected chi connectivity index (χ3v) is 2.75. The summed E-state index contributed by atoms with van der Waals surface area (Å²) in [6.07, 6.45) is 0. The van der Waals surface area contributed by atoms with Crippen LogP contribution in [0.2, 0.25) is 0 Å². The summed E-state index contributed by atoms with van der Waals surface area (Å²) in [4.78, 5) is 3.74. The summed E-state index contributed by atoms with van der Waals surface area (Å²) < 4.78 is 32.0. The maximum Gasteiger partial charge on any atom is 0.178 e. The Balaban J connectivity index is 2.34. The van der Waals surface area contributed by atoms with Gasteiger partial charge in [0, 0.05) is 11.8 Å². The minimum absolute atomic E-state index is 0.118. The number of methoxy groups -OCH3 is 1. The van der Waals surface area contributed by atoms with Crippen molar-refractivity contribution in [2.75, 3.05) is 17.9 Å². The SMILES string of the molecule is COc1ccc(Nc2nc(NN)c(F)cc2F)c(C)c1. The van der Waals surface area contributed by atoms with E-state index in [0.29, 0.717) is 17.5 Å². The van der Waals surface area contributed by atoms with Gasteiger partial charge in [0.2, 0.25) is 0 Å². The lowest BCUT2D eigenvalue weighted by Gasteiger charge is -2.12. The fourth-order valence-corrected chi connectivity index (χ4v) is 1.69. The standard InChI is InChI=1S/C13H14F2N4O/c1-7-5-8(20-2)3-4-11(7)17-12-9(14)6-10(15)13(18-12)19-16/h3-6H,16H2,1-2H3,(H2,17,18,19). The van der Waals surface area contributed by atoms with Crippen molar-refractivity contribution in [3.8, 4) is 5.75 Å². The number of nitrogens with zero attached hydrogens (tertiary/aromatic N) is 1. The minimum Gasteiger partial charge on any atom is -0.497 e. The number of nitrogens with one attached hydrogen (secondary N) is 2. The largest absolute Gasteiger partial charge is 0.497 e. The first-order valence-electron chi connectivity index (χ1n) is 5.79. The molecule has 1 aromatic heterocycles. The van der Waals surface area contributed by atoms with E-state index < -0.39 is 11.6 Å². The minimum atomic E-state index is -0.859. The van der Waals surface area contributed by atoms with E-state index in [1.165, 1.54) is 0 Å². The van der Waals surface area contributed by atoms with E-state index in [4.69, 9.17) is 10.6 Å². The summed E-state index contributed by atoms with van der Waals surface area (Å²) >= 11 is 0. The Morgan fingerprint density at radius 1 is 1.15 bits per heavy atom. The topological polar surface area (TPSA) is 72.2 Å². The molecule has 5 nitrogen and oxygen atoms in total. The van der Waals surface area contributed by atoms with Crippen molar-refractivity contribution in [2.45, 2.75) is 6.92 Å². The van der Waals surface area contributed by atoms with Crippen molar-refractivity contribution in [1.29, 1.82) is 0 Å². The van der Waals surface area contributed by atoms with Crippen molar-refractivity contribution in [3.05, 3.63) is 41.5 Å². The van der Waals surface area contributed by atoms with Crippen molar-refractivity contribution in [3.63, 3.8) is 0 Å². The Hall–Kier alpha value is -2.41. The summed E-state index contributed by atoms with van der Waals surface area (Å²) in [7, 11) is 1.56. The van der Waals surface area contributed by atoms with Crippen LogP contribution < -0.4 is 21.3 Å². The van der Waals surface area contributed by atoms with Crippen molar-refractivity contribution in [2.24, 2.45) is 5.84 Å². The number of aryl methyl sites for hydroxylation is 1. The second kappa shape index (κ2) is 5.70. The molecule has 0 saturated heterocycles. The highest BCUT2D eigenvalue weighted by atomic mass is 19.1. The molecule has 0 bridgehead atoms. The van der Waals surface area contributed by atoms with Crippen molar-refractivity contribution >= 4 is 17.3 Å². The molecule has 0 aliphatic carbocycles. The lowest BCUT2D eigenvalue weighted by Crippen LogP contribution is -2.12. The fraction of sp³-hybridized carbons (Fsp3) is 0.154. The molecule has 0 aliphatic heterocycles. The van der Waals surface area contributed by atoms with Gasteiger partial charge in [-0.2, -0.15) is 0 Å². The lowest BCUT2D eigenvalue weighted by molar-refractivity contribution is 0.414. The van der Waals surface area contributed by atoms with Gasteiger partial charge in [-0.05, 0) is 30.7 Å². The fourth-order valence-electron chi connectivity index (χ4n) is 1.69. The molecule has 0 aliphatic rings. The number of hydrazine groups is 1. The number of halogens is 2. The molecule has 4 N–H and O–H groups in total. The summed E-state index contributed by atoms with van der Waals surface area (Å²) in [6, 6.07) is 5.93. The summed E-state index contributed by atoms with van der Waals surface area (Å²) in [6.45, 7) is 1.83. The predicted molar refractivity (Wildman–Crippen MR) is 73.0 cm³/mol. The maximum atomic E-state index is 13.7. The molecule has 0 unspecified atom stereocenters. The van der Waals surface area contributed by atoms with Crippen LogP contribution in [-0.2, 0) is 0 Å². The normalized spacial score (nSPS) is 10.2. The third kappa shape index (κ3) is 2.77. The van der Waals surface area contributed by atoms with Crippen LogP contribution in [0.3, 0.4) is 0 Å². The summed E-state index contributed by atoms with van der Waals surface area (Å²) in [5.41, 5.74) is 3.53. The Kier molecular flexibility index (Phi) is 3.99. The van der Waals surface area contributed by atoms with Gasteiger partial charge >= 0.3 is 0 Å². The first-order chi connectivity index (χ1) is 9.55. The summed E-state index contributed by atoms with van der Waals surface area (Å²) in [5.74, 6) is 3.77. The van der Waals surface area contributed by atoms with E-state index in [1.807, 2.05) is 6.92 Å². The molecule has 20 heavy (non-hydrogen) atoms. The molecule has 0 amide bonds. The number of ether oxygens (including phenoxy) is 1. The maximum absolute atomic E-state index is 13.7. The van der Waals surface area contributed by atoms with Gasteiger partial charge in [0.05, 0.1) is 7.11 Å². The quantitative estimate of drug-likeness (QED) is 0.593. The van der Waals surface area contributed by atoms with Gasteiger partial charge in [-0.1, -0.05) is 0 Å². The van der Waals surface area contributed by atoms with Gasteiger partial charge in [-0.25, -0.2) is 19.6 Å². The van der Waals surface area contributed by atoms with Gasteiger partial charge < -0.3 is 15.5 Å². The monoisotopic (exact) mass is 280 g/mol. The summed E-state index contributed by atoms with van der Waals surface area (Å²) in [5, 5.41) is 2.79. The number of hydrogen-bond acceptors (Lipinski definition) is 5. The molecule has 0 spiro atoms. The number of rotatable bonds is 4. The Morgan fingerprint density at radius 2 is 1.85 bits per heavy atom. The molecule has 0 atom stereocenters. The number of benzene rings is 1. The van der Waals surface area contributed by atoms with Crippen LogP contribution >= 0.6 is 0 Å². The van der Waals surface area contributed by atoms with Gasteiger partial charge in [0.15, 0.2) is 23.3 Å². The van der Waals surface area contributed by atoms with Gasteiger partial charge in [0.25, 0.3) is 0 Å². The van der Waals surface area contributed by atoms with E-state index in [1.54, 1.807) is 25.3 Å². The Labute approximate surface area is 114 Å². The smallest absolute Gasteiger partial charge is 0.178 e. The Morgan fingerprint density at radius 3 is 2.45 bits per heavy atom. The highest BCUT2D eigenvalue weighted by molar-refractivity contribution is 5.63. The lowest BCUT2D eigenvalue weighted by atomic mass is 10.2. The highest BCUT2D eigenvalue weighted by Crippen LogP contribution is 2.26. The van der Waals surface area contributed by atoms with Crippen LogP contribution in [-0.4, -0.2) is 12.1 Å². The van der Waals surface area contributed by atoms with Crippen molar-refractivity contribution in [1.82, 2.24) is 4.98 Å². The zero-order chi connectivity index (χ0) is 14.7. The number of anilines is 3. The first-order valence-corrected chi connectivity index (χ1v) is 5.79. The predicted octanol–water partition coefficient (Wildman–Crippen LogP) is 2.71. The van der Waals surface area contributed by atoms with Gasteiger partial charge in [-0.15, -0.1) is 0 Å². The van der Waals surface area contributed by atoms with Crippen LogP contribution in [0.4, 0.5) is 26.1 Å². The van der Waals surface area contributed by atoms with Gasteiger partial charge in [0.1, 0.15) is 5.75 Å². The van der Waals surface area contributed by atoms with Crippen LogP contribution in [0.5, 0.6) is 5.75 Å². The number of nitrogen functional groups attached to an aromatic ring is 1. The molecule has 106 valence electrons. The number of aromatic nitrogens is 1. The second-order valence-corrected chi connectivity index (χ2v) is 4.10. The molecule has 0 saturated carbocycles. The second-order valence-electron chi connectivity index (χ2n) is 4.10. The molecular formula is C13H14F2N4O. The Bertz CT molecular complexity index is 634. The van der Waals surface area contributed by atoms with Crippen LogP contribution in [0, 0.1) is 18.6 Å². The molecule has 0 fully saturated rings. The third-order valence-electron chi connectivity index (χ3n) is 2.75. The first kappa shape index (κ1) is 14.0. The van der Waals surface area contributed by atoms with E-state index >= 15 is 0 Å². The highest BCUT2D eigenvalue weighted by Gasteiger charge is 2.12. The van der Waals surface area contributed by atoms with E-state index in [0.717, 1.165) is 5.56 Å². The number of hydrogen-bond donors (Lipinski definition) is 3. The van der Waals surface area contributed by atoms with E-state index in [-0.39, 0.29) is 11.6 Å². The zero-order valence-corrected chi connectivity index (χ0v) is 11.0. The molecular weight excluding hydrogens is 266 g/mol. The average Bonchev–Trinajstić information content (AvgIpc) is 2.43. The van der Waals surface area contributed by atoms with Crippen molar-refractivity contribution < 1.29 is 13.5 Å². The molecule has 0 radical (unpaired) electrons. The van der Waals surface area contributed by atoms with E-state index in [2.05, 4.69) is 15.7 Å². The van der Waals surface area contributed by atoms with Crippen LogP contribution in [0.1, 0.15) is 5.56 Å². The van der Waals surface area contributed by atoms with Crippen LogP contribution in [0.15, 0.2) is 24.3 Å². The zero-order valence-electron chi connectivity index (χ0n) is 11.0. The molecule has 2 aromatic rings. The molecule has 2 rings (SSSR count). The van der Waals surface area contributed by atoms with E-state index in [9.17, 15) is 8.78 Å². The molecule has 7 heteroatoms. The van der Waals surface area contributed by atoms with Crippen LogP contribution in [0.25, 0.3) is 0 Å². The van der Waals surface area contributed by atoms with Gasteiger partial charge in [-0.3, -0.25) is 0 Å². The average molecular weight is 280 g/mol. The molecule has 1 heterocycles. The number of nitrogens with two attached hydrogens (primary N) is 1. The molecule has 1 aromatic carbocycles. The number of pyridine rings is 1.